The molecule has 0 aliphatic carbocycles. The molecule has 0 amide bonds. The lowest BCUT2D eigenvalue weighted by molar-refractivity contribution is 0.0257. The number of hydrogen-bond acceptors (Lipinski definition) is 3. The molecule has 0 aromatic rings. The van der Waals surface area contributed by atoms with Gasteiger partial charge in [-0.05, 0) is 25.2 Å². The van der Waals surface area contributed by atoms with E-state index in [-0.39, 0.29) is 0 Å². The Labute approximate surface area is 143 Å². The molecule has 0 bridgehead atoms. The van der Waals surface area contributed by atoms with Gasteiger partial charge in [-0.15, -0.1) is 0 Å². The molecular formula is C18H38N4O. The number of nitrogens with zero attached hydrogens (tertiary/aromatic N) is 3. The average molecular weight is 327 g/mol. The molecule has 0 saturated carbocycles. The maximum absolute atomic E-state index is 5.82. The summed E-state index contributed by atoms with van der Waals surface area (Å²) < 4.78 is 5.82. The van der Waals surface area contributed by atoms with Crippen molar-refractivity contribution in [3.05, 3.63) is 0 Å². The van der Waals surface area contributed by atoms with Crippen LogP contribution in [0.4, 0.5) is 0 Å². The van der Waals surface area contributed by atoms with Crippen molar-refractivity contribution in [1.82, 2.24) is 15.1 Å². The summed E-state index contributed by atoms with van der Waals surface area (Å²) in [5, 5.41) is 3.52. The third-order valence-electron chi connectivity index (χ3n) is 4.34. The van der Waals surface area contributed by atoms with Gasteiger partial charge in [0.25, 0.3) is 0 Å². The van der Waals surface area contributed by atoms with Crippen LogP contribution in [0.3, 0.4) is 0 Å². The summed E-state index contributed by atoms with van der Waals surface area (Å²) in [6.07, 6.45) is 1.35. The van der Waals surface area contributed by atoms with Gasteiger partial charge in [0.1, 0.15) is 0 Å². The van der Waals surface area contributed by atoms with Gasteiger partial charge in [-0.25, -0.2) is 0 Å². The molecule has 23 heavy (non-hydrogen) atoms. The molecule has 1 atom stereocenters. The van der Waals surface area contributed by atoms with E-state index >= 15 is 0 Å². The summed E-state index contributed by atoms with van der Waals surface area (Å²) in [4.78, 5) is 9.39. The van der Waals surface area contributed by atoms with Crippen molar-refractivity contribution in [3.63, 3.8) is 0 Å². The van der Waals surface area contributed by atoms with E-state index in [9.17, 15) is 0 Å². The number of nitrogens with one attached hydrogen (secondary N) is 1. The molecule has 0 aromatic carbocycles. The Morgan fingerprint density at radius 3 is 2.26 bits per heavy atom. The van der Waals surface area contributed by atoms with Gasteiger partial charge in [-0.1, -0.05) is 27.7 Å². The van der Waals surface area contributed by atoms with Crippen LogP contribution in [0.25, 0.3) is 0 Å². The van der Waals surface area contributed by atoms with Gasteiger partial charge in [-0.3, -0.25) is 9.89 Å². The minimum absolute atomic E-state index is 0.327. The van der Waals surface area contributed by atoms with Gasteiger partial charge in [-0.2, -0.15) is 0 Å². The summed E-state index contributed by atoms with van der Waals surface area (Å²) in [6, 6.07) is 0. The first-order valence-corrected chi connectivity index (χ1v) is 9.27. The predicted octanol–water partition coefficient (Wildman–Crippen LogP) is 2.29. The maximum atomic E-state index is 5.82. The molecule has 0 spiro atoms. The summed E-state index contributed by atoms with van der Waals surface area (Å²) in [7, 11) is 1.88. The quantitative estimate of drug-likeness (QED) is 0.549. The fourth-order valence-corrected chi connectivity index (χ4v) is 3.14. The second kappa shape index (κ2) is 10.9. The molecule has 0 aromatic heterocycles. The SMILES string of the molecule is CCOC(CCNC(=NC)N1CCN(CC(C)C)CC1)C(C)C. The molecule has 1 aliphatic rings. The Kier molecular flexibility index (Phi) is 9.56. The van der Waals surface area contributed by atoms with E-state index in [0.717, 1.165) is 57.6 Å². The number of rotatable bonds is 8. The van der Waals surface area contributed by atoms with Gasteiger partial charge in [0.05, 0.1) is 6.10 Å². The van der Waals surface area contributed by atoms with E-state index < -0.39 is 0 Å². The van der Waals surface area contributed by atoms with Crippen molar-refractivity contribution < 1.29 is 4.74 Å². The molecule has 1 heterocycles. The first kappa shape index (κ1) is 20.2. The normalized spacial score (nSPS) is 18.8. The van der Waals surface area contributed by atoms with Crippen LogP contribution in [0.2, 0.25) is 0 Å². The lowest BCUT2D eigenvalue weighted by atomic mass is 10.0. The highest BCUT2D eigenvalue weighted by molar-refractivity contribution is 5.79. The van der Waals surface area contributed by atoms with Crippen LogP contribution in [-0.2, 0) is 4.74 Å². The van der Waals surface area contributed by atoms with Gasteiger partial charge < -0.3 is 15.0 Å². The second-order valence-corrected chi connectivity index (χ2v) is 7.18. The van der Waals surface area contributed by atoms with E-state index in [0.29, 0.717) is 12.0 Å². The fraction of sp³-hybridized carbons (Fsp3) is 0.944. The van der Waals surface area contributed by atoms with Gasteiger partial charge in [0.15, 0.2) is 5.96 Å². The van der Waals surface area contributed by atoms with Crippen molar-refractivity contribution in [2.75, 3.05) is 52.9 Å². The Bertz CT molecular complexity index is 336. The molecule has 0 radical (unpaired) electrons. The van der Waals surface area contributed by atoms with Gasteiger partial charge in [0.2, 0.25) is 0 Å². The monoisotopic (exact) mass is 326 g/mol. The van der Waals surface area contributed by atoms with Crippen molar-refractivity contribution in [1.29, 1.82) is 0 Å². The Morgan fingerprint density at radius 2 is 1.78 bits per heavy atom. The zero-order valence-corrected chi connectivity index (χ0v) is 16.1. The lowest BCUT2D eigenvalue weighted by Gasteiger charge is -2.37. The number of aliphatic imine (C=N–C) groups is 1. The molecule has 1 N–H and O–H groups in total. The molecule has 5 heteroatoms. The minimum Gasteiger partial charge on any atom is -0.378 e. The molecule has 1 aliphatic heterocycles. The molecule has 136 valence electrons. The van der Waals surface area contributed by atoms with Crippen molar-refractivity contribution in [2.45, 2.75) is 47.1 Å². The summed E-state index contributed by atoms with van der Waals surface area (Å²) in [5.41, 5.74) is 0. The fourth-order valence-electron chi connectivity index (χ4n) is 3.14. The maximum Gasteiger partial charge on any atom is 0.193 e. The van der Waals surface area contributed by atoms with E-state index in [4.69, 9.17) is 4.74 Å². The van der Waals surface area contributed by atoms with Crippen LogP contribution in [-0.4, -0.2) is 74.8 Å². The summed E-state index contributed by atoms with van der Waals surface area (Å²) in [6.45, 7) is 18.4. The molecule has 1 rings (SSSR count). The van der Waals surface area contributed by atoms with Crippen LogP contribution in [0.15, 0.2) is 4.99 Å². The number of guanidine groups is 1. The second-order valence-electron chi connectivity index (χ2n) is 7.18. The van der Waals surface area contributed by atoms with E-state index in [2.05, 4.69) is 54.7 Å². The van der Waals surface area contributed by atoms with Crippen molar-refractivity contribution in [2.24, 2.45) is 16.8 Å². The molecule has 1 unspecified atom stereocenters. The largest absolute Gasteiger partial charge is 0.378 e. The average Bonchev–Trinajstić information content (AvgIpc) is 2.51. The topological polar surface area (TPSA) is 40.1 Å². The first-order chi connectivity index (χ1) is 11.0. The Balaban J connectivity index is 2.35. The van der Waals surface area contributed by atoms with Crippen LogP contribution in [0.1, 0.15) is 41.0 Å². The van der Waals surface area contributed by atoms with Gasteiger partial charge in [0, 0.05) is 52.9 Å². The Morgan fingerprint density at radius 1 is 1.13 bits per heavy atom. The third kappa shape index (κ3) is 7.53. The number of hydrogen-bond donors (Lipinski definition) is 1. The lowest BCUT2D eigenvalue weighted by Crippen LogP contribution is -2.53. The third-order valence-corrected chi connectivity index (χ3v) is 4.34. The molecule has 1 saturated heterocycles. The van der Waals surface area contributed by atoms with E-state index in [1.807, 2.05) is 7.05 Å². The summed E-state index contributed by atoms with van der Waals surface area (Å²) >= 11 is 0. The highest BCUT2D eigenvalue weighted by Crippen LogP contribution is 2.10. The van der Waals surface area contributed by atoms with Crippen LogP contribution in [0, 0.1) is 11.8 Å². The smallest absolute Gasteiger partial charge is 0.193 e. The standard InChI is InChI=1S/C18H38N4O/c1-7-23-17(16(4)5)8-9-20-18(19-6)22-12-10-21(11-13-22)14-15(2)3/h15-17H,7-14H2,1-6H3,(H,19,20). The first-order valence-electron chi connectivity index (χ1n) is 9.27. The minimum atomic E-state index is 0.327. The zero-order valence-electron chi connectivity index (χ0n) is 16.1. The highest BCUT2D eigenvalue weighted by Gasteiger charge is 2.20. The van der Waals surface area contributed by atoms with Crippen molar-refractivity contribution in [3.8, 4) is 0 Å². The number of piperazine rings is 1. The predicted molar refractivity (Wildman–Crippen MR) is 99.1 cm³/mol. The van der Waals surface area contributed by atoms with Crippen LogP contribution < -0.4 is 5.32 Å². The van der Waals surface area contributed by atoms with Crippen LogP contribution in [0.5, 0.6) is 0 Å². The summed E-state index contributed by atoms with van der Waals surface area (Å²) in [5.74, 6) is 2.33. The molecule has 1 fully saturated rings. The molecular weight excluding hydrogens is 288 g/mol. The highest BCUT2D eigenvalue weighted by atomic mass is 16.5. The molecule has 5 nitrogen and oxygen atoms in total. The van der Waals surface area contributed by atoms with Crippen LogP contribution >= 0.6 is 0 Å². The number of ether oxygens (including phenoxy) is 1. The Hall–Kier alpha value is -0.810. The van der Waals surface area contributed by atoms with E-state index in [1.165, 1.54) is 6.54 Å². The van der Waals surface area contributed by atoms with Crippen molar-refractivity contribution >= 4 is 5.96 Å². The van der Waals surface area contributed by atoms with Gasteiger partial charge >= 0.3 is 0 Å². The van der Waals surface area contributed by atoms with E-state index in [1.54, 1.807) is 0 Å². The zero-order chi connectivity index (χ0) is 17.2.